The Bertz CT molecular complexity index is 1280. The first kappa shape index (κ1) is 20.1. The normalized spacial score (nSPS) is 14.5. The van der Waals surface area contributed by atoms with Crippen LogP contribution in [0.4, 0.5) is 8.78 Å². The highest BCUT2D eigenvalue weighted by atomic mass is 35.5. The van der Waals surface area contributed by atoms with Gasteiger partial charge in [0.15, 0.2) is 5.76 Å². The molecule has 3 aromatic rings. The molecule has 0 aromatic heterocycles. The predicted octanol–water partition coefficient (Wildman–Crippen LogP) is 5.00. The summed E-state index contributed by atoms with van der Waals surface area (Å²) in [6.45, 7) is 0. The third kappa shape index (κ3) is 3.79. The van der Waals surface area contributed by atoms with E-state index < -0.39 is 27.5 Å². The van der Waals surface area contributed by atoms with E-state index in [9.17, 15) is 22.0 Å². The number of carbonyl (C=O) groups excluding carboxylic acids is 1. The van der Waals surface area contributed by atoms with Crippen LogP contribution in [-0.4, -0.2) is 14.2 Å². The van der Waals surface area contributed by atoms with E-state index in [1.165, 1.54) is 42.5 Å². The lowest BCUT2D eigenvalue weighted by Crippen LogP contribution is -2.09. The first-order chi connectivity index (χ1) is 14.2. The fourth-order valence-electron chi connectivity index (χ4n) is 2.77. The number of benzene rings is 3. The first-order valence-corrected chi connectivity index (χ1v) is 10.3. The van der Waals surface area contributed by atoms with Gasteiger partial charge < -0.3 is 8.92 Å². The summed E-state index contributed by atoms with van der Waals surface area (Å²) in [6, 6.07) is 12.0. The van der Waals surface area contributed by atoms with Gasteiger partial charge in [0.05, 0.1) is 10.6 Å². The van der Waals surface area contributed by atoms with Gasteiger partial charge in [-0.15, -0.1) is 0 Å². The van der Waals surface area contributed by atoms with Crippen molar-refractivity contribution < 1.29 is 30.9 Å². The summed E-state index contributed by atoms with van der Waals surface area (Å²) in [4.78, 5) is 12.3. The number of halogens is 3. The van der Waals surface area contributed by atoms with Gasteiger partial charge >= 0.3 is 10.1 Å². The number of fused-ring (bicyclic) bond motifs is 1. The third-order valence-corrected chi connectivity index (χ3v) is 5.82. The van der Waals surface area contributed by atoms with Gasteiger partial charge in [-0.25, -0.2) is 8.78 Å². The Morgan fingerprint density at radius 1 is 1.00 bits per heavy atom. The molecule has 3 aromatic carbocycles. The fourth-order valence-corrected chi connectivity index (χ4v) is 3.92. The summed E-state index contributed by atoms with van der Waals surface area (Å²) in [5.74, 6) is -1.97. The molecule has 152 valence electrons. The van der Waals surface area contributed by atoms with E-state index in [4.69, 9.17) is 20.5 Å². The van der Waals surface area contributed by atoms with E-state index in [1.807, 2.05) is 0 Å². The molecule has 0 amide bonds. The highest BCUT2D eigenvalue weighted by molar-refractivity contribution is 7.87. The van der Waals surface area contributed by atoms with E-state index in [2.05, 4.69) is 0 Å². The minimum absolute atomic E-state index is 0.00863. The molecule has 1 aliphatic heterocycles. The summed E-state index contributed by atoms with van der Waals surface area (Å²) < 4.78 is 62.2. The molecule has 0 fully saturated rings. The van der Waals surface area contributed by atoms with Crippen molar-refractivity contribution in [2.24, 2.45) is 0 Å². The molecule has 0 spiro atoms. The SMILES string of the molecule is O=C1C(=Cc2c(F)cccc2Cl)Oc2cc(OS(=O)(=O)c3ccc(F)cc3)ccc21. The summed E-state index contributed by atoms with van der Waals surface area (Å²) in [7, 11) is -4.22. The van der Waals surface area contributed by atoms with Crippen LogP contribution >= 0.6 is 11.6 Å². The second-order valence-electron chi connectivity index (χ2n) is 6.22. The number of ether oxygens (including phenoxy) is 1. The van der Waals surface area contributed by atoms with Crippen molar-refractivity contribution in [2.75, 3.05) is 0 Å². The molecule has 1 heterocycles. The highest BCUT2D eigenvalue weighted by Gasteiger charge is 2.29. The van der Waals surface area contributed by atoms with Gasteiger partial charge in [0, 0.05) is 11.6 Å². The lowest BCUT2D eigenvalue weighted by molar-refractivity contribution is 0.101. The molecule has 0 saturated carbocycles. The van der Waals surface area contributed by atoms with Crippen molar-refractivity contribution in [3.63, 3.8) is 0 Å². The molecular weight excluding hydrogens is 438 g/mol. The largest absolute Gasteiger partial charge is 0.452 e. The lowest BCUT2D eigenvalue weighted by Gasteiger charge is -2.08. The summed E-state index contributed by atoms with van der Waals surface area (Å²) >= 11 is 5.97. The average molecular weight is 449 g/mol. The molecule has 0 N–H and O–H groups in total. The van der Waals surface area contributed by atoms with Crippen LogP contribution in [0, 0.1) is 11.6 Å². The van der Waals surface area contributed by atoms with Gasteiger partial charge in [-0.3, -0.25) is 4.79 Å². The zero-order chi connectivity index (χ0) is 21.5. The maximum atomic E-state index is 14.0. The van der Waals surface area contributed by atoms with Crippen LogP contribution in [0.3, 0.4) is 0 Å². The van der Waals surface area contributed by atoms with E-state index in [0.29, 0.717) is 0 Å². The van der Waals surface area contributed by atoms with E-state index >= 15 is 0 Å². The van der Waals surface area contributed by atoms with E-state index in [1.54, 1.807) is 0 Å². The van der Waals surface area contributed by atoms with Gasteiger partial charge in [-0.2, -0.15) is 8.42 Å². The van der Waals surface area contributed by atoms with Gasteiger partial charge in [0.25, 0.3) is 0 Å². The van der Waals surface area contributed by atoms with Gasteiger partial charge in [0.1, 0.15) is 28.0 Å². The Balaban J connectivity index is 1.62. The number of carbonyl (C=O) groups is 1. The Kier molecular flexibility index (Phi) is 5.05. The Hall–Kier alpha value is -3.23. The summed E-state index contributed by atoms with van der Waals surface area (Å²) in [5.41, 5.74) is 0.144. The lowest BCUT2D eigenvalue weighted by atomic mass is 10.1. The van der Waals surface area contributed by atoms with Gasteiger partial charge in [-0.1, -0.05) is 17.7 Å². The van der Waals surface area contributed by atoms with Crippen LogP contribution in [0.25, 0.3) is 6.08 Å². The van der Waals surface area contributed by atoms with Crippen molar-refractivity contribution in [1.82, 2.24) is 0 Å². The number of allylic oxidation sites excluding steroid dienone is 1. The van der Waals surface area contributed by atoms with Crippen molar-refractivity contribution in [2.45, 2.75) is 4.90 Å². The van der Waals surface area contributed by atoms with Crippen LogP contribution in [-0.2, 0) is 10.1 Å². The maximum Gasteiger partial charge on any atom is 0.339 e. The fraction of sp³-hybridized carbons (Fsp3) is 0. The smallest absolute Gasteiger partial charge is 0.339 e. The molecule has 1 aliphatic rings. The Labute approximate surface area is 175 Å². The number of rotatable bonds is 4. The van der Waals surface area contributed by atoms with Crippen LogP contribution < -0.4 is 8.92 Å². The average Bonchev–Trinajstić information content (AvgIpc) is 3.00. The number of hydrogen-bond donors (Lipinski definition) is 0. The van der Waals surface area contributed by atoms with E-state index in [-0.39, 0.29) is 38.3 Å². The molecule has 5 nitrogen and oxygen atoms in total. The third-order valence-electron chi connectivity index (χ3n) is 4.22. The minimum Gasteiger partial charge on any atom is -0.452 e. The molecule has 0 radical (unpaired) electrons. The van der Waals surface area contributed by atoms with Crippen LogP contribution in [0.5, 0.6) is 11.5 Å². The number of ketones is 1. The molecule has 0 unspecified atom stereocenters. The van der Waals surface area contributed by atoms with Crippen LogP contribution in [0.1, 0.15) is 15.9 Å². The Morgan fingerprint density at radius 3 is 2.43 bits per heavy atom. The van der Waals surface area contributed by atoms with Crippen LogP contribution in [0.2, 0.25) is 5.02 Å². The van der Waals surface area contributed by atoms with Gasteiger partial charge in [0.2, 0.25) is 5.78 Å². The molecule has 0 saturated heterocycles. The summed E-state index contributed by atoms with van der Waals surface area (Å²) in [6.07, 6.45) is 1.18. The topological polar surface area (TPSA) is 69.7 Å². The van der Waals surface area contributed by atoms with Gasteiger partial charge in [-0.05, 0) is 54.6 Å². The van der Waals surface area contributed by atoms with Crippen molar-refractivity contribution in [1.29, 1.82) is 0 Å². The minimum atomic E-state index is -4.22. The Morgan fingerprint density at radius 2 is 1.73 bits per heavy atom. The standard InChI is InChI=1S/C21H11ClF2O5S/c22-17-2-1-3-18(24)16(17)11-20-21(25)15-9-6-13(10-19(15)28-20)29-30(26,27)14-7-4-12(23)5-8-14/h1-11H. The van der Waals surface area contributed by atoms with Crippen molar-refractivity contribution in [3.05, 3.63) is 94.2 Å². The zero-order valence-electron chi connectivity index (χ0n) is 14.9. The monoisotopic (exact) mass is 448 g/mol. The van der Waals surface area contributed by atoms with E-state index in [0.717, 1.165) is 24.3 Å². The molecule has 30 heavy (non-hydrogen) atoms. The summed E-state index contributed by atoms with van der Waals surface area (Å²) in [5, 5.41) is 0.101. The molecular formula is C21H11ClF2O5S. The second kappa shape index (κ2) is 7.55. The second-order valence-corrected chi connectivity index (χ2v) is 8.18. The molecule has 9 heteroatoms. The predicted molar refractivity (Wildman–Crippen MR) is 105 cm³/mol. The molecule has 0 aliphatic carbocycles. The number of Topliss-reactive ketones (excluding diaryl/α,β-unsaturated/α-hetero) is 1. The van der Waals surface area contributed by atoms with Crippen molar-refractivity contribution in [3.8, 4) is 11.5 Å². The van der Waals surface area contributed by atoms with Crippen LogP contribution in [0.15, 0.2) is 71.3 Å². The zero-order valence-corrected chi connectivity index (χ0v) is 16.5. The first-order valence-electron chi connectivity index (χ1n) is 8.47. The highest BCUT2D eigenvalue weighted by Crippen LogP contribution is 2.36. The number of hydrogen-bond acceptors (Lipinski definition) is 5. The molecule has 4 rings (SSSR count). The van der Waals surface area contributed by atoms with Crippen molar-refractivity contribution >= 4 is 33.6 Å². The molecule has 0 bridgehead atoms. The molecule has 0 atom stereocenters. The quantitative estimate of drug-likeness (QED) is 0.415. The maximum absolute atomic E-state index is 14.0.